The summed E-state index contributed by atoms with van der Waals surface area (Å²) in [4.78, 5) is 7.30. The van der Waals surface area contributed by atoms with Crippen LogP contribution in [0, 0.1) is 5.92 Å². The fourth-order valence-corrected chi connectivity index (χ4v) is 5.50. The summed E-state index contributed by atoms with van der Waals surface area (Å²) in [5.41, 5.74) is 3.45. The van der Waals surface area contributed by atoms with Gasteiger partial charge in [-0.15, -0.1) is 0 Å². The monoisotopic (exact) mass is 512 g/mol. The molecule has 0 unspecified atom stereocenters. The SMILES string of the molecule is c1ccc(COC[C@H]2C[C@@H]3OC(N4CCC4)=N[C@H]3[C@@H](OCc3ccccc3)[C@@H]2OCc2ccccc2)cc1. The third kappa shape index (κ3) is 5.93. The van der Waals surface area contributed by atoms with Crippen LogP contribution in [0.5, 0.6) is 0 Å². The van der Waals surface area contributed by atoms with Crippen molar-refractivity contribution in [2.75, 3.05) is 19.7 Å². The summed E-state index contributed by atoms with van der Waals surface area (Å²) in [6.07, 6.45) is 1.57. The molecule has 38 heavy (non-hydrogen) atoms. The average Bonchev–Trinajstić information content (AvgIpc) is 3.34. The molecule has 1 saturated carbocycles. The Bertz CT molecular complexity index is 1170. The van der Waals surface area contributed by atoms with E-state index in [1.165, 1.54) is 12.0 Å². The highest BCUT2D eigenvalue weighted by Gasteiger charge is 2.51. The van der Waals surface area contributed by atoms with E-state index in [1.807, 2.05) is 54.6 Å². The smallest absolute Gasteiger partial charge is 0.288 e. The summed E-state index contributed by atoms with van der Waals surface area (Å²) in [5.74, 6) is 0.121. The summed E-state index contributed by atoms with van der Waals surface area (Å²) in [6, 6.07) is 31.6. The molecule has 0 aromatic heterocycles. The van der Waals surface area contributed by atoms with Crippen LogP contribution in [0.25, 0.3) is 0 Å². The molecule has 198 valence electrons. The first-order valence-corrected chi connectivity index (χ1v) is 13.8. The predicted octanol–water partition coefficient (Wildman–Crippen LogP) is 5.22. The lowest BCUT2D eigenvalue weighted by Gasteiger charge is -2.42. The minimum Gasteiger partial charge on any atom is -0.459 e. The summed E-state index contributed by atoms with van der Waals surface area (Å²) in [7, 11) is 0. The molecule has 1 saturated heterocycles. The topological polar surface area (TPSA) is 52.5 Å². The Morgan fingerprint density at radius 3 is 1.82 bits per heavy atom. The molecule has 0 spiro atoms. The minimum atomic E-state index is -0.234. The lowest BCUT2D eigenvalue weighted by Crippen LogP contribution is -2.55. The Labute approximate surface area is 225 Å². The lowest BCUT2D eigenvalue weighted by molar-refractivity contribution is -0.162. The number of aliphatic imine (C=N–C) groups is 1. The van der Waals surface area contributed by atoms with Crippen molar-refractivity contribution in [3.05, 3.63) is 108 Å². The van der Waals surface area contributed by atoms with E-state index in [-0.39, 0.29) is 30.3 Å². The quantitative estimate of drug-likeness (QED) is 0.373. The first-order valence-electron chi connectivity index (χ1n) is 13.8. The number of likely N-dealkylation sites (tertiary alicyclic amines) is 1. The van der Waals surface area contributed by atoms with Gasteiger partial charge in [-0.05, 0) is 29.5 Å². The van der Waals surface area contributed by atoms with Gasteiger partial charge in [0.05, 0.1) is 32.5 Å². The second kappa shape index (κ2) is 12.1. The Hall–Kier alpha value is -3.19. The summed E-state index contributed by atoms with van der Waals surface area (Å²) in [5, 5.41) is 0. The molecule has 3 aromatic rings. The maximum absolute atomic E-state index is 6.69. The molecule has 2 fully saturated rings. The lowest BCUT2D eigenvalue weighted by atomic mass is 9.79. The summed E-state index contributed by atoms with van der Waals surface area (Å²) in [6.45, 7) is 4.18. The number of nitrogens with zero attached hydrogens (tertiary/aromatic N) is 2. The third-order valence-electron chi connectivity index (χ3n) is 7.70. The summed E-state index contributed by atoms with van der Waals surface area (Å²) < 4.78 is 26.1. The minimum absolute atomic E-state index is 0.0340. The van der Waals surface area contributed by atoms with Crippen molar-refractivity contribution in [2.24, 2.45) is 10.9 Å². The van der Waals surface area contributed by atoms with Crippen LogP contribution in [-0.4, -0.2) is 55.0 Å². The Balaban J connectivity index is 1.23. The van der Waals surface area contributed by atoms with Crippen LogP contribution in [0.15, 0.2) is 96.0 Å². The van der Waals surface area contributed by atoms with Gasteiger partial charge in [-0.25, -0.2) is 4.99 Å². The highest BCUT2D eigenvalue weighted by Crippen LogP contribution is 2.38. The fourth-order valence-electron chi connectivity index (χ4n) is 5.50. The van der Waals surface area contributed by atoms with Gasteiger partial charge in [-0.1, -0.05) is 91.0 Å². The second-order valence-corrected chi connectivity index (χ2v) is 10.4. The molecular formula is C32H36N2O4. The van der Waals surface area contributed by atoms with Crippen LogP contribution < -0.4 is 0 Å². The van der Waals surface area contributed by atoms with Crippen LogP contribution in [-0.2, 0) is 38.8 Å². The number of benzene rings is 3. The standard InChI is InChI=1S/C32H36N2O4/c1-4-11-24(12-5-1)20-35-23-27-19-28-29(33-32(38-28)34-17-10-18-34)31(37-22-26-15-8-3-9-16-26)30(27)36-21-25-13-6-2-7-14-25/h1-9,11-16,27-31H,10,17-23H2/t27-,28+,29-,30-,31-/m1/s1. The first kappa shape index (κ1) is 25.1. The van der Waals surface area contributed by atoms with E-state index in [9.17, 15) is 0 Å². The molecule has 5 atom stereocenters. The molecular weight excluding hydrogens is 476 g/mol. The van der Waals surface area contributed by atoms with Gasteiger partial charge in [-0.3, -0.25) is 0 Å². The van der Waals surface area contributed by atoms with Crippen LogP contribution in [0.4, 0.5) is 0 Å². The van der Waals surface area contributed by atoms with E-state index in [4.69, 9.17) is 23.9 Å². The second-order valence-electron chi connectivity index (χ2n) is 10.4. The number of amidine groups is 1. The van der Waals surface area contributed by atoms with Crippen molar-refractivity contribution in [1.29, 1.82) is 0 Å². The molecule has 3 aromatic carbocycles. The first-order chi connectivity index (χ1) is 18.8. The highest BCUT2D eigenvalue weighted by atomic mass is 16.6. The molecule has 2 aliphatic heterocycles. The van der Waals surface area contributed by atoms with Crippen molar-refractivity contribution in [1.82, 2.24) is 4.90 Å². The van der Waals surface area contributed by atoms with Gasteiger partial charge in [0.25, 0.3) is 6.02 Å². The molecule has 0 amide bonds. The molecule has 2 heterocycles. The van der Waals surface area contributed by atoms with E-state index in [0.717, 1.165) is 36.7 Å². The fraction of sp³-hybridized carbons (Fsp3) is 0.406. The summed E-state index contributed by atoms with van der Waals surface area (Å²) >= 11 is 0. The van der Waals surface area contributed by atoms with E-state index in [1.54, 1.807) is 0 Å². The molecule has 6 rings (SSSR count). The largest absolute Gasteiger partial charge is 0.459 e. The zero-order valence-electron chi connectivity index (χ0n) is 21.7. The maximum atomic E-state index is 6.69. The van der Waals surface area contributed by atoms with Crippen LogP contribution >= 0.6 is 0 Å². The Morgan fingerprint density at radius 1 is 0.711 bits per heavy atom. The van der Waals surface area contributed by atoms with E-state index >= 15 is 0 Å². The van der Waals surface area contributed by atoms with Crippen LogP contribution in [0.1, 0.15) is 29.5 Å². The number of fused-ring (bicyclic) bond motifs is 1. The molecule has 1 aliphatic carbocycles. The van der Waals surface area contributed by atoms with E-state index in [2.05, 4.69) is 41.3 Å². The maximum Gasteiger partial charge on any atom is 0.288 e. The van der Waals surface area contributed by atoms with Crippen molar-refractivity contribution in [2.45, 2.75) is 57.0 Å². The molecule has 0 N–H and O–H groups in total. The Morgan fingerprint density at radius 2 is 1.26 bits per heavy atom. The zero-order chi connectivity index (χ0) is 25.6. The number of hydrogen-bond acceptors (Lipinski definition) is 6. The predicted molar refractivity (Wildman–Crippen MR) is 147 cm³/mol. The van der Waals surface area contributed by atoms with Crippen molar-refractivity contribution in [3.8, 4) is 0 Å². The van der Waals surface area contributed by atoms with Gasteiger partial charge < -0.3 is 23.8 Å². The zero-order valence-corrected chi connectivity index (χ0v) is 21.7. The van der Waals surface area contributed by atoms with Gasteiger partial charge in [-0.2, -0.15) is 0 Å². The number of ether oxygens (including phenoxy) is 4. The normalized spacial score (nSPS) is 26.3. The molecule has 3 aliphatic rings. The average molecular weight is 513 g/mol. The van der Waals surface area contributed by atoms with Crippen molar-refractivity contribution >= 4 is 6.02 Å². The Kier molecular flexibility index (Phi) is 8.01. The highest BCUT2D eigenvalue weighted by molar-refractivity contribution is 5.76. The third-order valence-corrected chi connectivity index (χ3v) is 7.70. The van der Waals surface area contributed by atoms with Gasteiger partial charge >= 0.3 is 0 Å². The van der Waals surface area contributed by atoms with Crippen molar-refractivity contribution < 1.29 is 18.9 Å². The molecule has 0 bridgehead atoms. The van der Waals surface area contributed by atoms with Crippen LogP contribution in [0.2, 0.25) is 0 Å². The van der Waals surface area contributed by atoms with Gasteiger partial charge in [0.15, 0.2) is 0 Å². The van der Waals surface area contributed by atoms with Gasteiger partial charge in [0.1, 0.15) is 18.2 Å². The molecule has 6 heteroatoms. The molecule has 0 radical (unpaired) electrons. The van der Waals surface area contributed by atoms with Gasteiger partial charge in [0.2, 0.25) is 0 Å². The van der Waals surface area contributed by atoms with E-state index in [0.29, 0.717) is 26.4 Å². The van der Waals surface area contributed by atoms with Crippen LogP contribution in [0.3, 0.4) is 0 Å². The number of rotatable bonds is 10. The van der Waals surface area contributed by atoms with Gasteiger partial charge in [0, 0.05) is 19.0 Å². The van der Waals surface area contributed by atoms with E-state index < -0.39 is 0 Å². The molecule has 6 nitrogen and oxygen atoms in total. The van der Waals surface area contributed by atoms with Crippen molar-refractivity contribution in [3.63, 3.8) is 0 Å². The number of hydrogen-bond donors (Lipinski definition) is 0.